The molecule has 0 atom stereocenters. The number of hydrogen-bond donors (Lipinski definition) is 1. The van der Waals surface area contributed by atoms with Crippen molar-refractivity contribution in [3.05, 3.63) is 64.1 Å². The molecule has 28 heavy (non-hydrogen) atoms. The van der Waals surface area contributed by atoms with Gasteiger partial charge in [-0.3, -0.25) is 9.59 Å². The van der Waals surface area contributed by atoms with Gasteiger partial charge in [-0.2, -0.15) is 0 Å². The second-order valence-corrected chi connectivity index (χ2v) is 6.65. The van der Waals surface area contributed by atoms with Crippen molar-refractivity contribution in [3.8, 4) is 5.75 Å². The Morgan fingerprint density at radius 3 is 2.46 bits per heavy atom. The Balaban J connectivity index is 1.91. The van der Waals surface area contributed by atoms with Crippen LogP contribution in [0.25, 0.3) is 6.08 Å². The lowest BCUT2D eigenvalue weighted by atomic mass is 10.1. The third-order valence-electron chi connectivity index (χ3n) is 3.75. The fourth-order valence-electron chi connectivity index (χ4n) is 2.25. The summed E-state index contributed by atoms with van der Waals surface area (Å²) in [4.78, 5) is 35.4. The van der Waals surface area contributed by atoms with Crippen LogP contribution in [0, 0.1) is 0 Å². The molecule has 146 valence electrons. The highest BCUT2D eigenvalue weighted by Crippen LogP contribution is 2.24. The van der Waals surface area contributed by atoms with Crippen molar-refractivity contribution < 1.29 is 23.9 Å². The molecule has 0 saturated carbocycles. The Morgan fingerprint density at radius 2 is 1.82 bits per heavy atom. The van der Waals surface area contributed by atoms with Gasteiger partial charge < -0.3 is 14.8 Å². The maximum Gasteiger partial charge on any atom is 0.331 e. The molecule has 0 aromatic heterocycles. The van der Waals surface area contributed by atoms with Crippen molar-refractivity contribution in [2.45, 2.75) is 13.3 Å². The summed E-state index contributed by atoms with van der Waals surface area (Å²) < 4.78 is 11.1. The first-order valence-corrected chi connectivity index (χ1v) is 9.33. The molecule has 0 heterocycles. The maximum absolute atomic E-state index is 12.1. The second-order valence-electron chi connectivity index (χ2n) is 5.73. The minimum absolute atomic E-state index is 0.109. The molecular weight excluding hydrogens is 426 g/mol. The monoisotopic (exact) mass is 445 g/mol. The largest absolute Gasteiger partial charge is 0.496 e. The van der Waals surface area contributed by atoms with Crippen LogP contribution in [0.3, 0.4) is 0 Å². The van der Waals surface area contributed by atoms with Gasteiger partial charge in [0.1, 0.15) is 5.75 Å². The first-order valence-electron chi connectivity index (χ1n) is 8.54. The van der Waals surface area contributed by atoms with E-state index in [-0.39, 0.29) is 18.3 Å². The van der Waals surface area contributed by atoms with Crippen LogP contribution in [0.1, 0.15) is 29.3 Å². The summed E-state index contributed by atoms with van der Waals surface area (Å²) in [5.41, 5.74) is 1.69. The van der Waals surface area contributed by atoms with E-state index < -0.39 is 5.97 Å². The van der Waals surface area contributed by atoms with Gasteiger partial charge >= 0.3 is 5.97 Å². The smallest absolute Gasteiger partial charge is 0.331 e. The quantitative estimate of drug-likeness (QED) is 0.373. The van der Waals surface area contributed by atoms with E-state index in [9.17, 15) is 14.4 Å². The average molecular weight is 446 g/mol. The number of methoxy groups -OCH3 is 1. The van der Waals surface area contributed by atoms with Crippen molar-refractivity contribution in [3.63, 3.8) is 0 Å². The highest BCUT2D eigenvalue weighted by molar-refractivity contribution is 9.10. The Morgan fingerprint density at radius 1 is 1.11 bits per heavy atom. The average Bonchev–Trinajstić information content (AvgIpc) is 2.71. The molecule has 1 N–H and O–H groups in total. The van der Waals surface area contributed by atoms with E-state index in [2.05, 4.69) is 21.2 Å². The van der Waals surface area contributed by atoms with Crippen LogP contribution in [-0.4, -0.2) is 31.4 Å². The lowest BCUT2D eigenvalue weighted by molar-refractivity contribution is -0.136. The minimum Gasteiger partial charge on any atom is -0.496 e. The molecule has 0 radical (unpaired) electrons. The molecule has 2 aromatic rings. The molecule has 0 aliphatic heterocycles. The van der Waals surface area contributed by atoms with E-state index >= 15 is 0 Å². The van der Waals surface area contributed by atoms with Gasteiger partial charge in [0.05, 0.1) is 7.11 Å². The number of carbonyl (C=O) groups excluding carboxylic acids is 3. The van der Waals surface area contributed by atoms with Gasteiger partial charge in [-0.05, 0) is 48.5 Å². The van der Waals surface area contributed by atoms with Gasteiger partial charge in [-0.25, -0.2) is 4.79 Å². The summed E-state index contributed by atoms with van der Waals surface area (Å²) in [5.74, 6) is -0.474. The van der Waals surface area contributed by atoms with Crippen molar-refractivity contribution in [2.75, 3.05) is 19.0 Å². The van der Waals surface area contributed by atoms with Gasteiger partial charge in [-0.15, -0.1) is 0 Å². The van der Waals surface area contributed by atoms with E-state index in [0.29, 0.717) is 29.0 Å². The highest BCUT2D eigenvalue weighted by Gasteiger charge is 2.09. The number of halogens is 1. The van der Waals surface area contributed by atoms with E-state index in [1.165, 1.54) is 13.2 Å². The van der Waals surface area contributed by atoms with E-state index in [1.807, 2.05) is 6.07 Å². The summed E-state index contributed by atoms with van der Waals surface area (Å²) in [6.45, 7) is 1.38. The molecule has 1 amide bonds. The number of rotatable bonds is 8. The first-order chi connectivity index (χ1) is 13.4. The molecule has 0 bridgehead atoms. The third-order valence-corrected chi connectivity index (χ3v) is 4.24. The van der Waals surface area contributed by atoms with Crippen molar-refractivity contribution in [2.24, 2.45) is 0 Å². The van der Waals surface area contributed by atoms with E-state index in [4.69, 9.17) is 9.47 Å². The molecule has 0 unspecified atom stereocenters. The Kier molecular flexibility index (Phi) is 7.95. The van der Waals surface area contributed by atoms with Crippen LogP contribution < -0.4 is 10.1 Å². The number of ether oxygens (including phenoxy) is 2. The molecule has 0 saturated heterocycles. The first kappa shape index (κ1) is 21.4. The van der Waals surface area contributed by atoms with Crippen LogP contribution in [0.4, 0.5) is 5.69 Å². The third kappa shape index (κ3) is 6.35. The SMILES string of the molecule is CCC(=O)Nc1ccc(C(=O)COC(=O)/C=C/c2cc(Br)ccc2OC)cc1. The number of ketones is 1. The zero-order valence-electron chi connectivity index (χ0n) is 15.5. The molecule has 0 aliphatic rings. The van der Waals surface area contributed by atoms with E-state index in [0.717, 1.165) is 4.47 Å². The number of anilines is 1. The zero-order valence-corrected chi connectivity index (χ0v) is 17.1. The predicted octanol–water partition coefficient (Wildman–Crippen LogP) is 4.25. The normalized spacial score (nSPS) is 10.5. The molecule has 2 rings (SSSR count). The lowest BCUT2D eigenvalue weighted by Crippen LogP contribution is -2.13. The molecule has 6 nitrogen and oxygen atoms in total. The van der Waals surface area contributed by atoms with E-state index in [1.54, 1.807) is 49.4 Å². The number of nitrogens with one attached hydrogen (secondary N) is 1. The molecule has 0 aliphatic carbocycles. The summed E-state index contributed by atoms with van der Waals surface area (Å²) in [5, 5.41) is 2.70. The molecule has 0 fully saturated rings. The summed E-state index contributed by atoms with van der Waals surface area (Å²) in [7, 11) is 1.54. The summed E-state index contributed by atoms with van der Waals surface area (Å²) >= 11 is 3.36. The number of amides is 1. The number of hydrogen-bond acceptors (Lipinski definition) is 5. The fourth-order valence-corrected chi connectivity index (χ4v) is 2.63. The molecular formula is C21H20BrNO5. The topological polar surface area (TPSA) is 81.7 Å². The predicted molar refractivity (Wildman–Crippen MR) is 110 cm³/mol. The van der Waals surface area contributed by atoms with Crippen LogP contribution >= 0.6 is 15.9 Å². The molecule has 7 heteroatoms. The Bertz CT molecular complexity index is 890. The minimum atomic E-state index is -0.637. The Labute approximate surface area is 171 Å². The number of benzene rings is 2. The standard InChI is InChI=1S/C21H20BrNO5/c1-3-20(25)23-17-8-4-14(5-9-17)18(24)13-28-21(26)11-6-15-12-16(22)7-10-19(15)27-2/h4-12H,3,13H2,1-2H3,(H,23,25)/b11-6+. The van der Waals surface area contributed by atoms with Gasteiger partial charge in [0.25, 0.3) is 0 Å². The number of esters is 1. The summed E-state index contributed by atoms with van der Waals surface area (Å²) in [6.07, 6.45) is 3.17. The lowest BCUT2D eigenvalue weighted by Gasteiger charge is -2.06. The number of Topliss-reactive ketones (excluding diaryl/α,β-unsaturated/α-hetero) is 1. The van der Waals surface area contributed by atoms with Gasteiger partial charge in [0, 0.05) is 33.8 Å². The van der Waals surface area contributed by atoms with Crippen LogP contribution in [-0.2, 0) is 14.3 Å². The second kappa shape index (κ2) is 10.4. The van der Waals surface area contributed by atoms with Gasteiger partial charge in [-0.1, -0.05) is 22.9 Å². The Hall–Kier alpha value is -2.93. The zero-order chi connectivity index (χ0) is 20.5. The maximum atomic E-state index is 12.1. The van der Waals surface area contributed by atoms with Gasteiger partial charge in [0.15, 0.2) is 12.4 Å². The highest BCUT2D eigenvalue weighted by atomic mass is 79.9. The van der Waals surface area contributed by atoms with Crippen molar-refractivity contribution in [1.29, 1.82) is 0 Å². The fraction of sp³-hybridized carbons (Fsp3) is 0.190. The van der Waals surface area contributed by atoms with Crippen LogP contribution in [0.5, 0.6) is 5.75 Å². The van der Waals surface area contributed by atoms with Crippen LogP contribution in [0.15, 0.2) is 53.0 Å². The molecule has 0 spiro atoms. The van der Waals surface area contributed by atoms with Crippen LogP contribution in [0.2, 0.25) is 0 Å². The van der Waals surface area contributed by atoms with Crippen molar-refractivity contribution in [1.82, 2.24) is 0 Å². The number of carbonyl (C=O) groups is 3. The summed E-state index contributed by atoms with van der Waals surface area (Å²) in [6, 6.07) is 11.8. The van der Waals surface area contributed by atoms with Crippen molar-refractivity contribution >= 4 is 45.4 Å². The molecule has 2 aromatic carbocycles. The van der Waals surface area contributed by atoms with Gasteiger partial charge in [0.2, 0.25) is 5.91 Å².